The van der Waals surface area contributed by atoms with Crippen molar-refractivity contribution >= 4 is 45.5 Å². The number of para-hydroxylation sites is 1. The van der Waals surface area contributed by atoms with Gasteiger partial charge in [-0.15, -0.1) is 10.2 Å². The van der Waals surface area contributed by atoms with Crippen LogP contribution in [0.15, 0.2) is 120 Å². The molecule has 0 aliphatic heterocycles. The number of aromatic nitrogens is 3. The molecular weight excluding hydrogens is 584 g/mol. The minimum Gasteiger partial charge on any atom is -0.505 e. The van der Waals surface area contributed by atoms with Crippen LogP contribution in [0.4, 0.5) is 22.9 Å². The molecule has 0 unspecified atom stereocenters. The van der Waals surface area contributed by atoms with Crippen LogP contribution in [0.3, 0.4) is 0 Å². The average Bonchev–Trinajstić information content (AvgIpc) is 3.51. The van der Waals surface area contributed by atoms with Crippen LogP contribution in [-0.4, -0.2) is 38.8 Å². The van der Waals surface area contributed by atoms with Gasteiger partial charge < -0.3 is 20.5 Å². The standard InChI is InChI=1S/C34H24N8O4/c1-46-26-13-11-25(12-14-26)39-34(45)28-18-22-17-21(33(44)38-24-7-3-2-4-8-24)10-15-27(22)30(31(28)43)40-41-32-23(19-35)20-37-42(32)29-9-5-6-16-36-29/h2-18,20,43H,1H3,(H,38,44)(H,39,45). The van der Waals surface area contributed by atoms with Crippen LogP contribution < -0.4 is 15.4 Å². The van der Waals surface area contributed by atoms with Crippen LogP contribution in [0.25, 0.3) is 16.6 Å². The summed E-state index contributed by atoms with van der Waals surface area (Å²) < 4.78 is 6.52. The van der Waals surface area contributed by atoms with Crippen molar-refractivity contribution in [2.45, 2.75) is 0 Å². The Bertz CT molecular complexity index is 2140. The van der Waals surface area contributed by atoms with Crippen molar-refractivity contribution in [1.82, 2.24) is 14.8 Å². The van der Waals surface area contributed by atoms with Gasteiger partial charge in [0.1, 0.15) is 23.1 Å². The number of pyridine rings is 1. The zero-order chi connectivity index (χ0) is 32.0. The zero-order valence-electron chi connectivity index (χ0n) is 24.2. The molecule has 0 fully saturated rings. The summed E-state index contributed by atoms with van der Waals surface area (Å²) in [5, 5.41) is 40.4. The lowest BCUT2D eigenvalue weighted by molar-refractivity contribution is 0.101. The van der Waals surface area contributed by atoms with Crippen molar-refractivity contribution in [3.63, 3.8) is 0 Å². The highest BCUT2D eigenvalue weighted by molar-refractivity contribution is 6.13. The third-order valence-electron chi connectivity index (χ3n) is 6.95. The lowest BCUT2D eigenvalue weighted by atomic mass is 10.0. The van der Waals surface area contributed by atoms with Crippen molar-refractivity contribution in [3.05, 3.63) is 126 Å². The summed E-state index contributed by atoms with van der Waals surface area (Å²) >= 11 is 0. The number of ether oxygens (including phenoxy) is 1. The van der Waals surface area contributed by atoms with Crippen molar-refractivity contribution in [2.75, 3.05) is 17.7 Å². The monoisotopic (exact) mass is 608 g/mol. The van der Waals surface area contributed by atoms with E-state index in [9.17, 15) is 20.0 Å². The first-order valence-electron chi connectivity index (χ1n) is 13.9. The first kappa shape index (κ1) is 29.2. The van der Waals surface area contributed by atoms with Gasteiger partial charge in [-0.3, -0.25) is 9.59 Å². The number of anilines is 2. The van der Waals surface area contributed by atoms with Crippen LogP contribution in [-0.2, 0) is 0 Å². The molecule has 0 atom stereocenters. The van der Waals surface area contributed by atoms with Crippen molar-refractivity contribution in [3.8, 4) is 23.4 Å². The van der Waals surface area contributed by atoms with Crippen LogP contribution >= 0.6 is 0 Å². The summed E-state index contributed by atoms with van der Waals surface area (Å²) in [5.74, 6) is -0.374. The molecule has 6 rings (SSSR count). The molecular formula is C34H24N8O4. The van der Waals surface area contributed by atoms with Crippen molar-refractivity contribution < 1.29 is 19.4 Å². The van der Waals surface area contributed by atoms with Gasteiger partial charge in [-0.2, -0.15) is 15.0 Å². The second-order valence-corrected chi connectivity index (χ2v) is 9.85. The number of carbonyl (C=O) groups is 2. The zero-order valence-corrected chi connectivity index (χ0v) is 24.2. The normalized spacial score (nSPS) is 10.9. The number of nitrogens with one attached hydrogen (secondary N) is 2. The van der Waals surface area contributed by atoms with Gasteiger partial charge in [0.25, 0.3) is 11.8 Å². The molecule has 224 valence electrons. The van der Waals surface area contributed by atoms with E-state index in [2.05, 4.69) is 30.9 Å². The Kier molecular flexibility index (Phi) is 8.12. The predicted octanol–water partition coefficient (Wildman–Crippen LogP) is 6.93. The maximum Gasteiger partial charge on any atom is 0.259 e. The molecule has 46 heavy (non-hydrogen) atoms. The molecule has 0 spiro atoms. The number of rotatable bonds is 8. The topological polar surface area (TPSA) is 167 Å². The first-order chi connectivity index (χ1) is 22.4. The highest BCUT2D eigenvalue weighted by Gasteiger charge is 2.21. The number of methoxy groups -OCH3 is 1. The smallest absolute Gasteiger partial charge is 0.259 e. The summed E-state index contributed by atoms with van der Waals surface area (Å²) in [6.45, 7) is 0. The summed E-state index contributed by atoms with van der Waals surface area (Å²) in [4.78, 5) is 30.9. The highest BCUT2D eigenvalue weighted by atomic mass is 16.5. The summed E-state index contributed by atoms with van der Waals surface area (Å²) in [6, 6.07) is 29.1. The number of phenols is 1. The number of azo groups is 1. The number of carbonyl (C=O) groups excluding carboxylic acids is 2. The number of phenolic OH excluding ortho intramolecular Hbond substituents is 1. The minimum atomic E-state index is -0.628. The first-order valence-corrected chi connectivity index (χ1v) is 13.9. The Morgan fingerprint density at radius 3 is 2.35 bits per heavy atom. The number of aromatic hydroxyl groups is 1. The average molecular weight is 609 g/mol. The summed E-state index contributed by atoms with van der Waals surface area (Å²) in [7, 11) is 1.54. The van der Waals surface area contributed by atoms with Crippen LogP contribution in [0.2, 0.25) is 0 Å². The molecule has 12 nitrogen and oxygen atoms in total. The predicted molar refractivity (Wildman–Crippen MR) is 171 cm³/mol. The largest absolute Gasteiger partial charge is 0.505 e. The van der Waals surface area contributed by atoms with Crippen LogP contribution in [0.5, 0.6) is 11.5 Å². The van der Waals surface area contributed by atoms with Gasteiger partial charge in [0, 0.05) is 28.5 Å². The lowest BCUT2D eigenvalue weighted by Crippen LogP contribution is -2.13. The Morgan fingerprint density at radius 2 is 1.63 bits per heavy atom. The lowest BCUT2D eigenvalue weighted by Gasteiger charge is -2.13. The fourth-order valence-corrected chi connectivity index (χ4v) is 4.65. The van der Waals surface area contributed by atoms with Gasteiger partial charge in [0.05, 0.1) is 18.9 Å². The molecule has 2 aromatic heterocycles. The molecule has 3 N–H and O–H groups in total. The number of hydrogen-bond acceptors (Lipinski definition) is 9. The summed E-state index contributed by atoms with van der Waals surface area (Å²) in [6.07, 6.45) is 2.90. The van der Waals surface area contributed by atoms with E-state index in [0.29, 0.717) is 39.3 Å². The van der Waals surface area contributed by atoms with E-state index < -0.39 is 11.7 Å². The number of benzene rings is 4. The molecule has 0 aliphatic rings. The number of hydrogen-bond donors (Lipinski definition) is 3. The van der Waals surface area contributed by atoms with Gasteiger partial charge in [0.15, 0.2) is 17.4 Å². The van der Waals surface area contributed by atoms with E-state index in [1.54, 1.807) is 91.1 Å². The Balaban J connectivity index is 1.45. The van der Waals surface area contributed by atoms with Gasteiger partial charge in [-0.1, -0.05) is 30.3 Å². The van der Waals surface area contributed by atoms with Crippen molar-refractivity contribution in [1.29, 1.82) is 5.26 Å². The second kappa shape index (κ2) is 12.8. The number of amides is 2. The SMILES string of the molecule is COc1ccc(NC(=O)c2cc3cc(C(=O)Nc4ccccc4)ccc3c(N=Nc3c(C#N)cnn3-c3ccccn3)c2O)cc1. The molecule has 2 heterocycles. The maximum atomic E-state index is 13.5. The molecule has 0 bridgehead atoms. The molecule has 0 aliphatic carbocycles. The maximum absolute atomic E-state index is 13.5. The Morgan fingerprint density at radius 1 is 0.891 bits per heavy atom. The van der Waals surface area contributed by atoms with E-state index >= 15 is 0 Å². The Hall–Kier alpha value is -6.87. The second-order valence-electron chi connectivity index (χ2n) is 9.85. The number of fused-ring (bicyclic) bond motifs is 1. The third kappa shape index (κ3) is 5.97. The molecule has 0 radical (unpaired) electrons. The quantitative estimate of drug-likeness (QED) is 0.158. The Labute approximate surface area is 262 Å². The van der Waals surface area contributed by atoms with E-state index in [-0.39, 0.29) is 28.5 Å². The van der Waals surface area contributed by atoms with Gasteiger partial charge in [0.2, 0.25) is 0 Å². The molecule has 0 saturated heterocycles. The third-order valence-corrected chi connectivity index (χ3v) is 6.95. The molecule has 4 aromatic carbocycles. The van der Waals surface area contributed by atoms with E-state index in [0.717, 1.165) is 0 Å². The van der Waals surface area contributed by atoms with E-state index in [4.69, 9.17) is 4.74 Å². The van der Waals surface area contributed by atoms with Crippen LogP contribution in [0, 0.1) is 11.3 Å². The molecule has 2 amide bonds. The molecule has 6 aromatic rings. The van der Waals surface area contributed by atoms with E-state index in [1.165, 1.54) is 24.1 Å². The van der Waals surface area contributed by atoms with Gasteiger partial charge in [-0.05, 0) is 72.1 Å². The molecule has 0 saturated carbocycles. The fourth-order valence-electron chi connectivity index (χ4n) is 4.65. The summed E-state index contributed by atoms with van der Waals surface area (Å²) in [5.41, 5.74) is 1.34. The minimum absolute atomic E-state index is 0.0509. The molecule has 12 heteroatoms. The van der Waals surface area contributed by atoms with Gasteiger partial charge in [-0.25, -0.2) is 4.98 Å². The van der Waals surface area contributed by atoms with Crippen molar-refractivity contribution in [2.24, 2.45) is 10.2 Å². The number of nitriles is 1. The highest BCUT2D eigenvalue weighted by Crippen LogP contribution is 2.40. The van der Waals surface area contributed by atoms with E-state index in [1.807, 2.05) is 12.1 Å². The number of nitrogens with zero attached hydrogens (tertiary/aromatic N) is 6. The fraction of sp³-hybridized carbons (Fsp3) is 0.0294. The van der Waals surface area contributed by atoms with Crippen LogP contribution in [0.1, 0.15) is 26.3 Å². The van der Waals surface area contributed by atoms with Gasteiger partial charge >= 0.3 is 0 Å².